The molecular formula is C22H25N3O3. The van der Waals surface area contributed by atoms with Gasteiger partial charge in [0.05, 0.1) is 13.7 Å². The first-order valence-electron chi connectivity index (χ1n) is 9.29. The Balaban J connectivity index is 1.61. The number of nitrogens with zero attached hydrogens (tertiary/aromatic N) is 2. The lowest BCUT2D eigenvalue weighted by Gasteiger charge is -2.34. The summed E-state index contributed by atoms with van der Waals surface area (Å²) in [6, 6.07) is 15.8. The fraction of sp³-hybridized carbons (Fsp3) is 0.273. The number of benzene rings is 2. The van der Waals surface area contributed by atoms with Crippen LogP contribution in [0.15, 0.2) is 61.2 Å². The van der Waals surface area contributed by atoms with Gasteiger partial charge in [0.25, 0.3) is 0 Å². The van der Waals surface area contributed by atoms with E-state index in [9.17, 15) is 9.59 Å². The molecule has 0 aromatic heterocycles. The van der Waals surface area contributed by atoms with Gasteiger partial charge in [-0.05, 0) is 29.8 Å². The zero-order valence-electron chi connectivity index (χ0n) is 16.1. The fourth-order valence-corrected chi connectivity index (χ4v) is 3.26. The first-order valence-corrected chi connectivity index (χ1v) is 9.29. The summed E-state index contributed by atoms with van der Waals surface area (Å²) in [6.07, 6.45) is 1.31. The van der Waals surface area contributed by atoms with Crippen LogP contribution >= 0.6 is 0 Å². The molecule has 146 valence electrons. The van der Waals surface area contributed by atoms with Crippen LogP contribution in [0.1, 0.15) is 0 Å². The van der Waals surface area contributed by atoms with Crippen molar-refractivity contribution in [3.8, 4) is 16.9 Å². The molecule has 1 aliphatic heterocycles. The summed E-state index contributed by atoms with van der Waals surface area (Å²) in [5, 5.41) is 3.20. The largest absolute Gasteiger partial charge is 0.496 e. The lowest BCUT2D eigenvalue weighted by atomic mass is 10.0. The van der Waals surface area contributed by atoms with Crippen molar-refractivity contribution >= 4 is 17.5 Å². The van der Waals surface area contributed by atoms with Crippen LogP contribution in [0.3, 0.4) is 0 Å². The van der Waals surface area contributed by atoms with E-state index in [1.165, 1.54) is 6.08 Å². The second-order valence-electron chi connectivity index (χ2n) is 6.54. The number of methoxy groups -OCH3 is 1. The van der Waals surface area contributed by atoms with Crippen LogP contribution in [0, 0.1) is 0 Å². The van der Waals surface area contributed by atoms with Gasteiger partial charge < -0.3 is 19.9 Å². The number of rotatable bonds is 6. The maximum atomic E-state index is 12.5. The molecule has 0 radical (unpaired) electrons. The maximum Gasteiger partial charge on any atom is 0.246 e. The first-order chi connectivity index (χ1) is 13.6. The predicted molar refractivity (Wildman–Crippen MR) is 110 cm³/mol. The van der Waals surface area contributed by atoms with E-state index in [1.807, 2.05) is 48.5 Å². The highest BCUT2D eigenvalue weighted by Crippen LogP contribution is 2.32. The highest BCUT2D eigenvalue weighted by atomic mass is 16.5. The Labute approximate surface area is 165 Å². The molecule has 2 amide bonds. The SMILES string of the molecule is C=CC(=O)N1CCN(C(=O)CNc2ccc(OC)c(-c3ccccc3)c2)CC1. The van der Waals surface area contributed by atoms with E-state index >= 15 is 0 Å². The van der Waals surface area contributed by atoms with Crippen LogP contribution in [0.25, 0.3) is 11.1 Å². The molecule has 0 saturated carbocycles. The Morgan fingerprint density at radius 2 is 1.75 bits per heavy atom. The van der Waals surface area contributed by atoms with Crippen LogP contribution in [0.5, 0.6) is 5.75 Å². The summed E-state index contributed by atoms with van der Waals surface area (Å²) >= 11 is 0. The van der Waals surface area contributed by atoms with Crippen LogP contribution in [-0.2, 0) is 9.59 Å². The average molecular weight is 379 g/mol. The molecule has 1 saturated heterocycles. The molecule has 1 heterocycles. The topological polar surface area (TPSA) is 61.9 Å². The minimum absolute atomic E-state index is 0.0165. The molecule has 0 bridgehead atoms. The summed E-state index contributed by atoms with van der Waals surface area (Å²) in [5.41, 5.74) is 2.88. The van der Waals surface area contributed by atoms with Crippen molar-refractivity contribution in [3.63, 3.8) is 0 Å². The van der Waals surface area contributed by atoms with Gasteiger partial charge >= 0.3 is 0 Å². The van der Waals surface area contributed by atoms with Gasteiger partial charge in [-0.2, -0.15) is 0 Å². The zero-order chi connectivity index (χ0) is 19.9. The third-order valence-corrected chi connectivity index (χ3v) is 4.85. The number of amides is 2. The van der Waals surface area contributed by atoms with E-state index in [0.29, 0.717) is 26.2 Å². The van der Waals surface area contributed by atoms with Gasteiger partial charge in [-0.15, -0.1) is 0 Å². The van der Waals surface area contributed by atoms with Crippen molar-refractivity contribution < 1.29 is 14.3 Å². The normalized spacial score (nSPS) is 13.8. The Morgan fingerprint density at radius 1 is 1.07 bits per heavy atom. The quantitative estimate of drug-likeness (QED) is 0.784. The second-order valence-corrected chi connectivity index (χ2v) is 6.54. The fourth-order valence-electron chi connectivity index (χ4n) is 3.26. The van der Waals surface area contributed by atoms with Gasteiger partial charge in [0.15, 0.2) is 0 Å². The molecule has 6 heteroatoms. The summed E-state index contributed by atoms with van der Waals surface area (Å²) in [6.45, 7) is 5.87. The molecule has 1 N–H and O–H groups in total. The molecule has 2 aromatic rings. The molecular weight excluding hydrogens is 354 g/mol. The molecule has 0 spiro atoms. The Morgan fingerprint density at radius 3 is 2.39 bits per heavy atom. The standard InChI is InChI=1S/C22H25N3O3/c1-3-21(26)24-11-13-25(14-12-24)22(27)16-23-18-9-10-20(28-2)19(15-18)17-7-5-4-6-8-17/h3-10,15,23H,1,11-14,16H2,2H3. The summed E-state index contributed by atoms with van der Waals surface area (Å²) < 4.78 is 5.47. The smallest absolute Gasteiger partial charge is 0.246 e. The van der Waals surface area contributed by atoms with Gasteiger partial charge in [0.1, 0.15) is 5.75 Å². The number of piperazine rings is 1. The molecule has 0 aliphatic carbocycles. The maximum absolute atomic E-state index is 12.5. The molecule has 3 rings (SSSR count). The Kier molecular flexibility index (Phi) is 6.32. The number of carbonyl (C=O) groups excluding carboxylic acids is 2. The molecule has 2 aromatic carbocycles. The monoisotopic (exact) mass is 379 g/mol. The van der Waals surface area contributed by atoms with Gasteiger partial charge in [-0.1, -0.05) is 36.9 Å². The molecule has 0 atom stereocenters. The Bertz CT molecular complexity index is 843. The second kappa shape index (κ2) is 9.08. The molecule has 1 fully saturated rings. The zero-order valence-corrected chi connectivity index (χ0v) is 16.1. The third kappa shape index (κ3) is 4.52. The molecule has 28 heavy (non-hydrogen) atoms. The number of hydrogen-bond acceptors (Lipinski definition) is 4. The number of anilines is 1. The minimum atomic E-state index is -0.0862. The van der Waals surface area contributed by atoms with E-state index in [4.69, 9.17) is 4.74 Å². The number of ether oxygens (including phenoxy) is 1. The lowest BCUT2D eigenvalue weighted by Crippen LogP contribution is -2.51. The predicted octanol–water partition coefficient (Wildman–Crippen LogP) is 2.63. The van der Waals surface area contributed by atoms with Crippen LogP contribution in [0.2, 0.25) is 0 Å². The van der Waals surface area contributed by atoms with Crippen molar-refractivity contribution in [2.45, 2.75) is 0 Å². The molecule has 1 aliphatic rings. The van der Waals surface area contributed by atoms with Gasteiger partial charge in [-0.3, -0.25) is 9.59 Å². The van der Waals surface area contributed by atoms with E-state index in [0.717, 1.165) is 22.6 Å². The van der Waals surface area contributed by atoms with E-state index < -0.39 is 0 Å². The van der Waals surface area contributed by atoms with Crippen LogP contribution in [-0.4, -0.2) is 61.4 Å². The highest BCUT2D eigenvalue weighted by Gasteiger charge is 2.22. The van der Waals surface area contributed by atoms with Crippen LogP contribution < -0.4 is 10.1 Å². The summed E-state index contributed by atoms with van der Waals surface area (Å²) in [7, 11) is 1.65. The molecule has 0 unspecified atom stereocenters. The van der Waals surface area contributed by atoms with Gasteiger partial charge in [0.2, 0.25) is 11.8 Å². The van der Waals surface area contributed by atoms with Crippen molar-refractivity contribution in [1.29, 1.82) is 0 Å². The third-order valence-electron chi connectivity index (χ3n) is 4.85. The summed E-state index contributed by atoms with van der Waals surface area (Å²) in [4.78, 5) is 27.6. The van der Waals surface area contributed by atoms with Crippen molar-refractivity contribution in [1.82, 2.24) is 9.80 Å². The van der Waals surface area contributed by atoms with Crippen molar-refractivity contribution in [2.75, 3.05) is 45.2 Å². The van der Waals surface area contributed by atoms with E-state index in [2.05, 4.69) is 11.9 Å². The number of carbonyl (C=O) groups is 2. The Hall–Kier alpha value is -3.28. The van der Waals surface area contributed by atoms with Crippen molar-refractivity contribution in [3.05, 3.63) is 61.2 Å². The number of nitrogens with one attached hydrogen (secondary N) is 1. The highest BCUT2D eigenvalue weighted by molar-refractivity contribution is 5.87. The molecule has 6 nitrogen and oxygen atoms in total. The minimum Gasteiger partial charge on any atom is -0.496 e. The first kappa shape index (κ1) is 19.5. The van der Waals surface area contributed by atoms with E-state index in [1.54, 1.807) is 16.9 Å². The van der Waals surface area contributed by atoms with E-state index in [-0.39, 0.29) is 18.4 Å². The summed E-state index contributed by atoms with van der Waals surface area (Å²) in [5.74, 6) is 0.714. The van der Waals surface area contributed by atoms with Gasteiger partial charge in [0, 0.05) is 37.4 Å². The van der Waals surface area contributed by atoms with Gasteiger partial charge in [-0.25, -0.2) is 0 Å². The average Bonchev–Trinajstić information content (AvgIpc) is 2.77. The lowest BCUT2D eigenvalue weighted by molar-refractivity contribution is -0.135. The van der Waals surface area contributed by atoms with Crippen molar-refractivity contribution in [2.24, 2.45) is 0 Å². The van der Waals surface area contributed by atoms with Crippen LogP contribution in [0.4, 0.5) is 5.69 Å². The number of hydrogen-bond donors (Lipinski definition) is 1.